The van der Waals surface area contributed by atoms with Gasteiger partial charge in [-0.3, -0.25) is 0 Å². The standard InChI is InChI=1S/2Al.2Ga.3Se/q2*+3;;;3*-2. The van der Waals surface area contributed by atoms with Gasteiger partial charge in [-0.25, -0.2) is 0 Å². The fraction of sp³-hybridized carbons (Fsp3) is 0. The maximum atomic E-state index is 0. The molecule has 7 heavy (non-hydrogen) atoms. The summed E-state index contributed by atoms with van der Waals surface area (Å²) in [4.78, 5) is 0. The van der Waals surface area contributed by atoms with Crippen LogP contribution in [0.3, 0.4) is 0 Å². The summed E-state index contributed by atoms with van der Waals surface area (Å²) in [6.45, 7) is 0. The van der Waals surface area contributed by atoms with E-state index < -0.39 is 0 Å². The zero-order chi connectivity index (χ0) is 0. The van der Waals surface area contributed by atoms with Crippen LogP contribution < -0.4 is 0 Å². The molecular formula is Al2Ga2Se3. The van der Waals surface area contributed by atoms with E-state index in [4.69, 9.17) is 0 Å². The number of hydrogen-bond donors (Lipinski definition) is 0. The van der Waals surface area contributed by atoms with Crippen molar-refractivity contribution < 1.29 is 0 Å². The van der Waals surface area contributed by atoms with Crippen LogP contribution >= 0.6 is 0 Å². The van der Waals surface area contributed by atoms with E-state index in [1.807, 2.05) is 0 Å². The molecule has 0 heterocycles. The van der Waals surface area contributed by atoms with E-state index in [9.17, 15) is 0 Å². The van der Waals surface area contributed by atoms with Crippen molar-refractivity contribution >= 4 is 126 Å². The smallest absolute Gasteiger partial charge is 2.00 e. The Morgan fingerprint density at radius 3 is 0.429 bits per heavy atom. The van der Waals surface area contributed by atoms with E-state index in [1.54, 1.807) is 0 Å². The van der Waals surface area contributed by atoms with Crippen LogP contribution in [-0.4, -0.2) is 126 Å². The molecule has 6 radical (unpaired) electrons. The minimum Gasteiger partial charge on any atom is -2.00 e. The minimum atomic E-state index is 0. The van der Waals surface area contributed by atoms with E-state index in [1.165, 1.54) is 0 Å². The molecule has 0 spiro atoms. The van der Waals surface area contributed by atoms with Crippen molar-refractivity contribution in [1.29, 1.82) is 0 Å². The van der Waals surface area contributed by atoms with Crippen LogP contribution in [0.2, 0.25) is 0 Å². The summed E-state index contributed by atoms with van der Waals surface area (Å²) in [7, 11) is 0. The quantitative estimate of drug-likeness (QED) is 0.368. The predicted molar refractivity (Wildman–Crippen MR) is 40.3 cm³/mol. The van der Waals surface area contributed by atoms with Crippen LogP contribution in [0.1, 0.15) is 0 Å². The fourth-order valence-electron chi connectivity index (χ4n) is 0. The molecule has 0 amide bonds. The second-order valence-electron chi connectivity index (χ2n) is 0. The Labute approximate surface area is 123 Å². The van der Waals surface area contributed by atoms with Crippen LogP contribution in [0, 0.1) is 0 Å². The van der Waals surface area contributed by atoms with Gasteiger partial charge in [-0.1, -0.05) is 0 Å². The summed E-state index contributed by atoms with van der Waals surface area (Å²) >= 11 is 0. The third kappa shape index (κ3) is 40.6. The van der Waals surface area contributed by atoms with Crippen LogP contribution in [0.4, 0.5) is 0 Å². The van der Waals surface area contributed by atoms with Crippen molar-refractivity contribution in [2.24, 2.45) is 0 Å². The van der Waals surface area contributed by atoms with Crippen LogP contribution in [0.25, 0.3) is 0 Å². The molecule has 0 aliphatic carbocycles. The van der Waals surface area contributed by atoms with E-state index in [2.05, 4.69) is 0 Å². The van der Waals surface area contributed by atoms with E-state index in [0.717, 1.165) is 0 Å². The second-order valence-corrected chi connectivity index (χ2v) is 0. The van der Waals surface area contributed by atoms with Gasteiger partial charge in [0.2, 0.25) is 0 Å². The Morgan fingerprint density at radius 2 is 0.429 bits per heavy atom. The Bertz CT molecular complexity index is 10.9. The monoisotopic (exact) mass is 432 g/mol. The van der Waals surface area contributed by atoms with Gasteiger partial charge in [-0.15, -0.1) is 0 Å². The summed E-state index contributed by atoms with van der Waals surface area (Å²) in [5, 5.41) is 0. The van der Waals surface area contributed by atoms with Gasteiger partial charge in [0.05, 0.1) is 0 Å². The molecule has 7 heteroatoms. The molecule has 0 aliphatic heterocycles. The molecule has 0 aromatic rings. The summed E-state index contributed by atoms with van der Waals surface area (Å²) in [5.74, 6) is 0. The molecule has 0 rings (SSSR count). The molecule has 0 bridgehead atoms. The summed E-state index contributed by atoms with van der Waals surface area (Å²) in [6, 6.07) is 0. The van der Waals surface area contributed by atoms with Crippen molar-refractivity contribution in [3.8, 4) is 0 Å². The first-order chi connectivity index (χ1) is 0. The van der Waals surface area contributed by atoms with Crippen molar-refractivity contribution in [3.63, 3.8) is 0 Å². The molecular weight excluding hydrogens is 430 g/mol. The third-order valence-corrected chi connectivity index (χ3v) is 0. The Kier molecular flexibility index (Phi) is 518. The Morgan fingerprint density at radius 1 is 0.429 bits per heavy atom. The molecule has 0 saturated carbocycles. The van der Waals surface area contributed by atoms with E-state index >= 15 is 0 Å². The fourth-order valence-corrected chi connectivity index (χ4v) is 0. The molecule has 0 aromatic carbocycles. The van der Waals surface area contributed by atoms with Gasteiger partial charge in [0.25, 0.3) is 0 Å². The summed E-state index contributed by atoms with van der Waals surface area (Å²) < 4.78 is 0. The van der Waals surface area contributed by atoms with Gasteiger partial charge >= 0.3 is 34.7 Å². The SMILES string of the molecule is [Al+3].[Al+3].[Ga].[Ga].[Se-2].[Se-2].[Se-2]. The van der Waals surface area contributed by atoms with Gasteiger partial charge < -0.3 is 51.2 Å². The predicted octanol–water partition coefficient (Wildman–Crippen LogP) is -2.67. The van der Waals surface area contributed by atoms with Gasteiger partial charge in [0.1, 0.15) is 0 Å². The Balaban J connectivity index is 0. The molecule has 0 saturated heterocycles. The first kappa shape index (κ1) is 70.3. The average Bonchev–Trinajstić information content (AvgIpc) is 0. The maximum Gasteiger partial charge on any atom is 3.00 e. The van der Waals surface area contributed by atoms with Gasteiger partial charge in [-0.2, -0.15) is 0 Å². The first-order valence-corrected chi connectivity index (χ1v) is 0. The maximum absolute atomic E-state index is 0. The molecule has 0 N–H and O–H groups in total. The number of hydrogen-bond acceptors (Lipinski definition) is 0. The molecule has 30 valence electrons. The molecule has 0 nitrogen and oxygen atoms in total. The Hall–Kier alpha value is 3.90. The molecule has 0 atom stereocenters. The van der Waals surface area contributed by atoms with Crippen LogP contribution in [0.5, 0.6) is 0 Å². The van der Waals surface area contributed by atoms with Gasteiger partial charge in [-0.05, 0) is 0 Å². The molecule has 0 unspecified atom stereocenters. The minimum absolute atomic E-state index is 0. The molecule has 0 aliphatic rings. The topological polar surface area (TPSA) is 0 Å². The molecule has 0 fully saturated rings. The largest absolute Gasteiger partial charge is 3.00 e. The van der Waals surface area contributed by atoms with E-state index in [0.29, 0.717) is 0 Å². The summed E-state index contributed by atoms with van der Waals surface area (Å²) in [6.07, 6.45) is 0. The van der Waals surface area contributed by atoms with Crippen molar-refractivity contribution in [1.82, 2.24) is 0 Å². The van der Waals surface area contributed by atoms with Crippen molar-refractivity contribution in [2.45, 2.75) is 0 Å². The first-order valence-electron chi connectivity index (χ1n) is 0. The van der Waals surface area contributed by atoms with Crippen molar-refractivity contribution in [2.75, 3.05) is 0 Å². The summed E-state index contributed by atoms with van der Waals surface area (Å²) in [5.41, 5.74) is 0. The van der Waals surface area contributed by atoms with Crippen LogP contribution in [-0.2, 0) is 0 Å². The van der Waals surface area contributed by atoms with E-state index in [-0.39, 0.29) is 126 Å². The number of rotatable bonds is 0. The molecule has 0 aromatic heterocycles. The average molecular weight is 430 g/mol. The zero-order valence-electron chi connectivity index (χ0n) is 3.53. The second kappa shape index (κ2) is 51.6. The third-order valence-electron chi connectivity index (χ3n) is 0. The van der Waals surface area contributed by atoms with Gasteiger partial charge in [0.15, 0.2) is 0 Å². The van der Waals surface area contributed by atoms with Crippen LogP contribution in [0.15, 0.2) is 0 Å². The van der Waals surface area contributed by atoms with Gasteiger partial charge in [0, 0.05) is 39.6 Å². The normalized spacial score (nSPS) is 0. The zero-order valence-corrected chi connectivity index (χ0v) is 15.8. The van der Waals surface area contributed by atoms with Crippen molar-refractivity contribution in [3.05, 3.63) is 0 Å².